The Morgan fingerprint density at radius 3 is 2.48 bits per heavy atom. The summed E-state index contributed by atoms with van der Waals surface area (Å²) in [5, 5.41) is 2.92. The first-order chi connectivity index (χ1) is 12.9. The number of rotatable bonds is 7. The summed E-state index contributed by atoms with van der Waals surface area (Å²) in [6.45, 7) is 1.18. The van der Waals surface area contributed by atoms with Crippen molar-refractivity contribution in [3.8, 4) is 5.75 Å². The van der Waals surface area contributed by atoms with Crippen molar-refractivity contribution in [2.75, 3.05) is 0 Å². The van der Waals surface area contributed by atoms with Crippen LogP contribution in [0.5, 0.6) is 5.75 Å². The van der Waals surface area contributed by atoms with Gasteiger partial charge in [-0.05, 0) is 48.7 Å². The summed E-state index contributed by atoms with van der Waals surface area (Å²) in [7, 11) is 0. The average molecular weight is 374 g/mol. The summed E-state index contributed by atoms with van der Waals surface area (Å²) in [6, 6.07) is 12.5. The fourth-order valence-corrected chi connectivity index (χ4v) is 2.76. The van der Waals surface area contributed by atoms with Crippen molar-refractivity contribution >= 4 is 17.0 Å². The van der Waals surface area contributed by atoms with Crippen LogP contribution >= 0.6 is 0 Å². The van der Waals surface area contributed by atoms with Gasteiger partial charge in [-0.15, -0.1) is 0 Å². The van der Waals surface area contributed by atoms with E-state index in [4.69, 9.17) is 4.42 Å². The van der Waals surface area contributed by atoms with Crippen molar-refractivity contribution in [3.63, 3.8) is 0 Å². The second-order valence-corrected chi connectivity index (χ2v) is 6.58. The first-order valence-corrected chi connectivity index (χ1v) is 8.63. The lowest BCUT2D eigenvalue weighted by Crippen LogP contribution is -2.29. The second kappa shape index (κ2) is 8.16. The standard InChI is InChI=1S/C20H20F2N2O3/c1-12(2)11-16(19-24-15-5-3-4-6-17(15)27-19)23-18(25)13-7-9-14(10-8-13)26-20(21)22/h3-10,12,16,20H,11H2,1-2H3,(H,23,25)/t16-/m1/s1. The lowest BCUT2D eigenvalue weighted by Gasteiger charge is -2.17. The minimum absolute atomic E-state index is 0.000712. The predicted molar refractivity (Wildman–Crippen MR) is 96.7 cm³/mol. The van der Waals surface area contributed by atoms with Crippen molar-refractivity contribution < 1.29 is 22.7 Å². The highest BCUT2D eigenvalue weighted by atomic mass is 19.3. The van der Waals surface area contributed by atoms with Crippen LogP contribution in [-0.4, -0.2) is 17.5 Å². The van der Waals surface area contributed by atoms with Crippen LogP contribution in [0.15, 0.2) is 52.9 Å². The molecular weight excluding hydrogens is 354 g/mol. The van der Waals surface area contributed by atoms with E-state index in [9.17, 15) is 13.6 Å². The molecule has 0 radical (unpaired) electrons. The Hall–Kier alpha value is -2.96. The van der Waals surface area contributed by atoms with Gasteiger partial charge in [0.1, 0.15) is 17.3 Å². The van der Waals surface area contributed by atoms with Crippen molar-refractivity contribution in [2.45, 2.75) is 32.9 Å². The van der Waals surface area contributed by atoms with Gasteiger partial charge < -0.3 is 14.5 Å². The van der Waals surface area contributed by atoms with Gasteiger partial charge in [-0.3, -0.25) is 4.79 Å². The molecule has 1 aromatic heterocycles. The number of carbonyl (C=O) groups is 1. The molecule has 0 bridgehead atoms. The molecule has 3 aromatic rings. The van der Waals surface area contributed by atoms with Gasteiger partial charge in [0.25, 0.3) is 5.91 Å². The van der Waals surface area contributed by atoms with Crippen molar-refractivity contribution in [3.05, 3.63) is 60.0 Å². The molecule has 142 valence electrons. The number of carbonyl (C=O) groups excluding carboxylic acids is 1. The van der Waals surface area contributed by atoms with Gasteiger partial charge in [-0.1, -0.05) is 26.0 Å². The minimum Gasteiger partial charge on any atom is -0.438 e. The van der Waals surface area contributed by atoms with E-state index in [1.165, 1.54) is 24.3 Å². The Bertz CT molecular complexity index is 874. The number of amides is 1. The number of hydrogen-bond donors (Lipinski definition) is 1. The number of oxazole rings is 1. The topological polar surface area (TPSA) is 64.4 Å². The quantitative estimate of drug-likeness (QED) is 0.636. The maximum Gasteiger partial charge on any atom is 0.387 e. The van der Waals surface area contributed by atoms with Crippen LogP contribution < -0.4 is 10.1 Å². The number of para-hydroxylation sites is 2. The second-order valence-electron chi connectivity index (χ2n) is 6.58. The zero-order valence-electron chi connectivity index (χ0n) is 15.0. The fraction of sp³-hybridized carbons (Fsp3) is 0.300. The van der Waals surface area contributed by atoms with E-state index < -0.39 is 12.7 Å². The van der Waals surface area contributed by atoms with E-state index in [0.717, 1.165) is 5.52 Å². The number of halogens is 2. The Morgan fingerprint density at radius 2 is 1.85 bits per heavy atom. The SMILES string of the molecule is CC(C)C[C@@H](NC(=O)c1ccc(OC(F)F)cc1)c1nc2ccccc2o1. The van der Waals surface area contributed by atoms with E-state index in [0.29, 0.717) is 29.4 Å². The first-order valence-electron chi connectivity index (χ1n) is 8.63. The summed E-state index contributed by atoms with van der Waals surface area (Å²) in [4.78, 5) is 17.1. The molecule has 3 rings (SSSR count). The lowest BCUT2D eigenvalue weighted by molar-refractivity contribution is -0.0498. The van der Waals surface area contributed by atoms with Crippen LogP contribution in [0.25, 0.3) is 11.1 Å². The summed E-state index contributed by atoms with van der Waals surface area (Å²) in [6.07, 6.45) is 0.644. The van der Waals surface area contributed by atoms with Crippen LogP contribution in [0.2, 0.25) is 0 Å². The van der Waals surface area contributed by atoms with E-state index in [1.807, 2.05) is 38.1 Å². The third-order valence-electron chi connectivity index (χ3n) is 3.96. The van der Waals surface area contributed by atoms with Crippen molar-refractivity contribution in [1.82, 2.24) is 10.3 Å². The Kier molecular flexibility index (Phi) is 5.69. The zero-order chi connectivity index (χ0) is 19.4. The zero-order valence-corrected chi connectivity index (χ0v) is 15.0. The summed E-state index contributed by atoms with van der Waals surface area (Å²) in [5.41, 5.74) is 1.72. The van der Waals surface area contributed by atoms with Gasteiger partial charge in [0, 0.05) is 5.56 Å². The molecule has 0 aliphatic heterocycles. The number of nitrogens with one attached hydrogen (secondary N) is 1. The molecule has 0 aliphatic carbocycles. The maximum absolute atomic E-state index is 12.6. The van der Waals surface area contributed by atoms with Gasteiger partial charge in [0.05, 0.1) is 0 Å². The highest BCUT2D eigenvalue weighted by molar-refractivity contribution is 5.94. The van der Waals surface area contributed by atoms with Crippen LogP contribution in [0.3, 0.4) is 0 Å². The fourth-order valence-electron chi connectivity index (χ4n) is 2.76. The maximum atomic E-state index is 12.6. The summed E-state index contributed by atoms with van der Waals surface area (Å²) < 4.78 is 34.6. The Balaban J connectivity index is 1.78. The number of hydrogen-bond acceptors (Lipinski definition) is 4. The number of alkyl halides is 2. The molecule has 0 unspecified atom stereocenters. The van der Waals surface area contributed by atoms with Gasteiger partial charge >= 0.3 is 6.61 Å². The van der Waals surface area contributed by atoms with Gasteiger partial charge in [-0.2, -0.15) is 8.78 Å². The number of fused-ring (bicyclic) bond motifs is 1. The predicted octanol–water partition coefficient (Wildman–Crippen LogP) is 4.95. The van der Waals surface area contributed by atoms with Gasteiger partial charge in [0.15, 0.2) is 5.58 Å². The molecule has 0 saturated carbocycles. The molecule has 2 aromatic carbocycles. The molecular formula is C20H20F2N2O3. The third-order valence-corrected chi connectivity index (χ3v) is 3.96. The molecule has 0 fully saturated rings. The normalized spacial score (nSPS) is 12.5. The lowest BCUT2D eigenvalue weighted by atomic mass is 10.0. The molecule has 1 amide bonds. The smallest absolute Gasteiger partial charge is 0.387 e. The monoisotopic (exact) mass is 374 g/mol. The highest BCUT2D eigenvalue weighted by Gasteiger charge is 2.22. The van der Waals surface area contributed by atoms with E-state index in [2.05, 4.69) is 15.0 Å². The van der Waals surface area contributed by atoms with Crippen LogP contribution in [-0.2, 0) is 0 Å². The molecule has 0 aliphatic rings. The van der Waals surface area contributed by atoms with E-state index in [-0.39, 0.29) is 11.7 Å². The van der Waals surface area contributed by atoms with E-state index in [1.54, 1.807) is 0 Å². The van der Waals surface area contributed by atoms with Crippen molar-refractivity contribution in [2.24, 2.45) is 5.92 Å². The average Bonchev–Trinajstić information content (AvgIpc) is 3.05. The van der Waals surface area contributed by atoms with Crippen molar-refractivity contribution in [1.29, 1.82) is 0 Å². The number of ether oxygens (including phenoxy) is 1. The van der Waals surface area contributed by atoms with Gasteiger partial charge in [-0.25, -0.2) is 4.98 Å². The molecule has 1 atom stereocenters. The number of aromatic nitrogens is 1. The molecule has 7 heteroatoms. The molecule has 5 nitrogen and oxygen atoms in total. The Morgan fingerprint density at radius 1 is 1.15 bits per heavy atom. The van der Waals surface area contributed by atoms with Crippen LogP contribution in [0.1, 0.15) is 42.6 Å². The minimum atomic E-state index is -2.90. The molecule has 0 saturated heterocycles. The summed E-state index contributed by atoms with van der Waals surface area (Å²) >= 11 is 0. The van der Waals surface area contributed by atoms with E-state index >= 15 is 0 Å². The van der Waals surface area contributed by atoms with Crippen LogP contribution in [0, 0.1) is 5.92 Å². The largest absolute Gasteiger partial charge is 0.438 e. The number of nitrogens with zero attached hydrogens (tertiary/aromatic N) is 1. The Labute approximate surface area is 155 Å². The number of benzene rings is 2. The first kappa shape index (κ1) is 18.8. The molecule has 1 N–H and O–H groups in total. The molecule has 1 heterocycles. The van der Waals surface area contributed by atoms with Gasteiger partial charge in [0.2, 0.25) is 5.89 Å². The third kappa shape index (κ3) is 4.81. The summed E-state index contributed by atoms with van der Waals surface area (Å²) in [5.74, 6) is 0.397. The molecule has 27 heavy (non-hydrogen) atoms. The molecule has 0 spiro atoms. The van der Waals surface area contributed by atoms with Crippen LogP contribution in [0.4, 0.5) is 8.78 Å². The highest BCUT2D eigenvalue weighted by Crippen LogP contribution is 2.25.